The molecular formula is C6H3ClN2OS. The van der Waals surface area contributed by atoms with Crippen LogP contribution < -0.4 is 0 Å². The van der Waals surface area contributed by atoms with E-state index in [1.807, 2.05) is 0 Å². The van der Waals surface area contributed by atoms with Gasteiger partial charge in [0.25, 0.3) is 4.84 Å². The fourth-order valence-corrected chi connectivity index (χ4v) is 1.19. The lowest BCUT2D eigenvalue weighted by Crippen LogP contribution is -1.73. The van der Waals surface area contributed by atoms with Crippen molar-refractivity contribution in [3.05, 3.63) is 22.1 Å². The predicted octanol–water partition coefficient (Wildman–Crippen LogP) is 2.54. The Labute approximate surface area is 72.0 Å². The van der Waals surface area contributed by atoms with Crippen molar-refractivity contribution in [1.82, 2.24) is 9.97 Å². The number of nitrogens with zero attached hydrogens (tertiary/aromatic N) is 1. The zero-order valence-corrected chi connectivity index (χ0v) is 6.87. The second-order valence-corrected chi connectivity index (χ2v) is 2.77. The number of hydrogen-bond donors (Lipinski definition) is 1. The molecule has 2 aromatic heterocycles. The van der Waals surface area contributed by atoms with E-state index in [1.54, 1.807) is 12.3 Å². The summed E-state index contributed by atoms with van der Waals surface area (Å²) < 4.78 is 5.01. The SMILES string of the molecule is S=c1[nH]c2c(Cl)ccnc2o1. The summed E-state index contributed by atoms with van der Waals surface area (Å²) in [6, 6.07) is 1.67. The minimum atomic E-state index is 0.292. The van der Waals surface area contributed by atoms with Crippen molar-refractivity contribution in [3.8, 4) is 0 Å². The molecule has 11 heavy (non-hydrogen) atoms. The summed E-state index contributed by atoms with van der Waals surface area (Å²) in [5.74, 6) is 0. The highest BCUT2D eigenvalue weighted by molar-refractivity contribution is 7.71. The van der Waals surface area contributed by atoms with Gasteiger partial charge in [-0.3, -0.25) is 0 Å². The highest BCUT2D eigenvalue weighted by Gasteiger charge is 2.02. The van der Waals surface area contributed by atoms with Gasteiger partial charge in [-0.15, -0.1) is 0 Å². The summed E-state index contributed by atoms with van der Waals surface area (Å²) in [6.45, 7) is 0. The summed E-state index contributed by atoms with van der Waals surface area (Å²) in [4.78, 5) is 6.99. The molecule has 5 heteroatoms. The first kappa shape index (κ1) is 6.82. The van der Waals surface area contributed by atoms with E-state index in [0.717, 1.165) is 0 Å². The Hall–Kier alpha value is -0.870. The number of rotatable bonds is 0. The van der Waals surface area contributed by atoms with Gasteiger partial charge in [0.05, 0.1) is 5.02 Å². The largest absolute Gasteiger partial charge is 0.410 e. The van der Waals surface area contributed by atoms with E-state index in [2.05, 4.69) is 9.97 Å². The maximum Gasteiger partial charge on any atom is 0.268 e. The minimum absolute atomic E-state index is 0.292. The van der Waals surface area contributed by atoms with Crippen molar-refractivity contribution in [3.63, 3.8) is 0 Å². The van der Waals surface area contributed by atoms with Crippen LogP contribution in [0.4, 0.5) is 0 Å². The molecule has 56 valence electrons. The molecule has 0 aliphatic heterocycles. The van der Waals surface area contributed by atoms with Crippen LogP contribution in [-0.4, -0.2) is 9.97 Å². The molecule has 0 unspecified atom stereocenters. The van der Waals surface area contributed by atoms with Crippen LogP contribution in [0.3, 0.4) is 0 Å². The summed E-state index contributed by atoms with van der Waals surface area (Å²) in [7, 11) is 0. The lowest BCUT2D eigenvalue weighted by Gasteiger charge is -1.86. The molecule has 0 aromatic carbocycles. The van der Waals surface area contributed by atoms with Crippen LogP contribution in [0.15, 0.2) is 16.7 Å². The molecule has 0 aliphatic carbocycles. The normalized spacial score (nSPS) is 10.6. The number of nitrogens with one attached hydrogen (secondary N) is 1. The highest BCUT2D eigenvalue weighted by atomic mass is 35.5. The smallest absolute Gasteiger partial charge is 0.268 e. The minimum Gasteiger partial charge on any atom is -0.410 e. The molecule has 0 spiro atoms. The maximum atomic E-state index is 5.79. The lowest BCUT2D eigenvalue weighted by molar-refractivity contribution is 0.572. The van der Waals surface area contributed by atoms with E-state index in [4.69, 9.17) is 28.2 Å². The molecular weight excluding hydrogens is 184 g/mol. The second-order valence-electron chi connectivity index (χ2n) is 1.99. The molecule has 2 aromatic rings. The van der Waals surface area contributed by atoms with E-state index >= 15 is 0 Å². The van der Waals surface area contributed by atoms with Crippen molar-refractivity contribution >= 4 is 35.0 Å². The van der Waals surface area contributed by atoms with Crippen molar-refractivity contribution in [2.45, 2.75) is 0 Å². The Morgan fingerprint density at radius 1 is 1.64 bits per heavy atom. The van der Waals surface area contributed by atoms with E-state index < -0.39 is 0 Å². The van der Waals surface area contributed by atoms with Gasteiger partial charge < -0.3 is 9.40 Å². The zero-order chi connectivity index (χ0) is 7.84. The summed E-state index contributed by atoms with van der Waals surface area (Å²) >= 11 is 10.5. The first-order valence-corrected chi connectivity index (χ1v) is 3.69. The van der Waals surface area contributed by atoms with Gasteiger partial charge in [-0.25, -0.2) is 4.98 Å². The van der Waals surface area contributed by atoms with Gasteiger partial charge in [0.1, 0.15) is 5.52 Å². The predicted molar refractivity (Wildman–Crippen MR) is 44.2 cm³/mol. The molecule has 3 nitrogen and oxygen atoms in total. The summed E-state index contributed by atoms with van der Waals surface area (Å²) in [5, 5.41) is 0.565. The second kappa shape index (κ2) is 2.32. The number of aromatic nitrogens is 2. The van der Waals surface area contributed by atoms with Crippen molar-refractivity contribution < 1.29 is 4.42 Å². The van der Waals surface area contributed by atoms with Crippen LogP contribution in [0.1, 0.15) is 0 Å². The number of oxazole rings is 1. The van der Waals surface area contributed by atoms with Crippen LogP contribution in [0.2, 0.25) is 5.02 Å². The third kappa shape index (κ3) is 1.04. The number of aromatic amines is 1. The molecule has 0 bridgehead atoms. The summed E-state index contributed by atoms with van der Waals surface area (Å²) in [5.41, 5.74) is 1.10. The van der Waals surface area contributed by atoms with Gasteiger partial charge in [-0.05, 0) is 18.3 Å². The van der Waals surface area contributed by atoms with E-state index in [-0.39, 0.29) is 0 Å². The van der Waals surface area contributed by atoms with Crippen molar-refractivity contribution in [1.29, 1.82) is 0 Å². The van der Waals surface area contributed by atoms with Gasteiger partial charge in [0, 0.05) is 6.20 Å². The Morgan fingerprint density at radius 3 is 3.18 bits per heavy atom. The fourth-order valence-electron chi connectivity index (χ4n) is 0.826. The number of pyridine rings is 1. The van der Waals surface area contributed by atoms with E-state index in [0.29, 0.717) is 21.1 Å². The number of H-pyrrole nitrogens is 1. The average molecular weight is 187 g/mol. The van der Waals surface area contributed by atoms with Crippen LogP contribution in [-0.2, 0) is 0 Å². The van der Waals surface area contributed by atoms with Crippen LogP contribution in [0.25, 0.3) is 11.2 Å². The topological polar surface area (TPSA) is 41.8 Å². The van der Waals surface area contributed by atoms with Gasteiger partial charge in [-0.2, -0.15) is 0 Å². The van der Waals surface area contributed by atoms with Gasteiger partial charge >= 0.3 is 0 Å². The Balaban J connectivity index is 3.01. The van der Waals surface area contributed by atoms with Crippen molar-refractivity contribution in [2.75, 3.05) is 0 Å². The van der Waals surface area contributed by atoms with E-state index in [1.165, 1.54) is 0 Å². The molecule has 0 radical (unpaired) electrons. The van der Waals surface area contributed by atoms with E-state index in [9.17, 15) is 0 Å². The molecule has 0 fully saturated rings. The van der Waals surface area contributed by atoms with Gasteiger partial charge in [0.2, 0.25) is 5.71 Å². The Morgan fingerprint density at radius 2 is 2.45 bits per heavy atom. The van der Waals surface area contributed by atoms with Gasteiger partial charge in [-0.1, -0.05) is 11.6 Å². The molecule has 2 heterocycles. The Bertz CT molecular complexity index is 447. The third-order valence-corrected chi connectivity index (χ3v) is 1.78. The molecule has 0 amide bonds. The fraction of sp³-hybridized carbons (Fsp3) is 0. The van der Waals surface area contributed by atoms with Crippen LogP contribution >= 0.6 is 23.8 Å². The molecule has 0 aliphatic rings. The summed E-state index contributed by atoms with van der Waals surface area (Å²) in [6.07, 6.45) is 1.57. The van der Waals surface area contributed by atoms with Gasteiger partial charge in [0.15, 0.2) is 0 Å². The monoisotopic (exact) mass is 186 g/mol. The Kier molecular flexibility index (Phi) is 1.44. The average Bonchev–Trinajstić information content (AvgIpc) is 2.31. The molecule has 2 rings (SSSR count). The van der Waals surface area contributed by atoms with Crippen molar-refractivity contribution in [2.24, 2.45) is 0 Å². The molecule has 1 N–H and O–H groups in total. The number of fused-ring (bicyclic) bond motifs is 1. The molecule has 0 saturated carbocycles. The first-order valence-electron chi connectivity index (χ1n) is 2.91. The zero-order valence-electron chi connectivity index (χ0n) is 5.30. The number of hydrogen-bond acceptors (Lipinski definition) is 3. The number of halogens is 1. The highest BCUT2D eigenvalue weighted by Crippen LogP contribution is 2.19. The first-order chi connectivity index (χ1) is 5.27. The maximum absolute atomic E-state index is 5.79. The molecule has 0 atom stereocenters. The van der Waals surface area contributed by atoms with Crippen LogP contribution in [0, 0.1) is 4.84 Å². The third-order valence-electron chi connectivity index (χ3n) is 1.28. The quantitative estimate of drug-likeness (QED) is 0.643. The van der Waals surface area contributed by atoms with Crippen LogP contribution in [0.5, 0.6) is 0 Å². The molecule has 0 saturated heterocycles. The lowest BCUT2D eigenvalue weighted by atomic mass is 10.4. The standard InChI is InChI=1S/C6H3ClN2OS/c7-3-1-2-8-5-4(3)9-6(11)10-5/h1-2H,(H,9,11).